The highest BCUT2D eigenvalue weighted by Gasteiger charge is 2.37. The zero-order valence-corrected chi connectivity index (χ0v) is 20.3. The molecule has 0 unspecified atom stereocenters. The summed E-state index contributed by atoms with van der Waals surface area (Å²) in [7, 11) is 4.32. The third kappa shape index (κ3) is 4.83. The number of Topliss-reactive ketones (excluding diaryl/α,β-unsaturated/α-hetero) is 1. The zero-order valence-electron chi connectivity index (χ0n) is 20.3. The number of carbonyl (C=O) groups excluding carboxylic acids is 1. The van der Waals surface area contributed by atoms with E-state index in [9.17, 15) is 4.79 Å². The van der Waals surface area contributed by atoms with Gasteiger partial charge in [-0.15, -0.1) is 6.42 Å². The van der Waals surface area contributed by atoms with Gasteiger partial charge in [-0.1, -0.05) is 38.0 Å². The Morgan fingerprint density at radius 3 is 2.61 bits per heavy atom. The van der Waals surface area contributed by atoms with Crippen molar-refractivity contribution in [3.05, 3.63) is 58.7 Å². The summed E-state index contributed by atoms with van der Waals surface area (Å²) in [4.78, 5) is 22.5. The first-order valence-corrected chi connectivity index (χ1v) is 11.9. The number of rotatable bonds is 6. The van der Waals surface area contributed by atoms with E-state index in [1.165, 1.54) is 22.9 Å². The summed E-state index contributed by atoms with van der Waals surface area (Å²) >= 11 is 0. The van der Waals surface area contributed by atoms with Gasteiger partial charge in [0.2, 0.25) is 5.78 Å². The fourth-order valence-electron chi connectivity index (χ4n) is 5.14. The first-order chi connectivity index (χ1) is 15.7. The largest absolute Gasteiger partial charge is 0.381 e. The molecular weight excluding hydrogens is 410 g/mol. The summed E-state index contributed by atoms with van der Waals surface area (Å²) in [5.74, 6) is 2.78. The molecule has 1 fully saturated rings. The van der Waals surface area contributed by atoms with Crippen LogP contribution in [0.3, 0.4) is 0 Å². The van der Waals surface area contributed by atoms with Gasteiger partial charge in [0, 0.05) is 25.2 Å². The Morgan fingerprint density at radius 1 is 1.24 bits per heavy atom. The number of imidazole rings is 1. The second-order valence-corrected chi connectivity index (χ2v) is 10.4. The van der Waals surface area contributed by atoms with E-state index < -0.39 is 0 Å². The topological polar surface area (TPSA) is 58.2 Å². The Balaban J connectivity index is 1.74. The maximum atomic E-state index is 13.0. The first-order valence-electron chi connectivity index (χ1n) is 11.9. The summed E-state index contributed by atoms with van der Waals surface area (Å²) in [5.41, 5.74) is 5.71. The van der Waals surface area contributed by atoms with Crippen LogP contribution in [0.4, 0.5) is 0 Å². The third-order valence-electron chi connectivity index (χ3n) is 7.49. The lowest BCUT2D eigenvalue weighted by molar-refractivity contribution is -0.0105. The highest BCUT2D eigenvalue weighted by atomic mass is 16.5. The summed E-state index contributed by atoms with van der Waals surface area (Å²) in [6.45, 7) is 6.18. The van der Waals surface area contributed by atoms with Crippen LogP contribution in [0.15, 0.2) is 30.5 Å². The van der Waals surface area contributed by atoms with Gasteiger partial charge in [-0.3, -0.25) is 9.69 Å². The van der Waals surface area contributed by atoms with Crippen molar-refractivity contribution < 1.29 is 9.53 Å². The van der Waals surface area contributed by atoms with E-state index in [-0.39, 0.29) is 11.3 Å². The predicted molar refractivity (Wildman–Crippen MR) is 132 cm³/mol. The van der Waals surface area contributed by atoms with E-state index in [0.29, 0.717) is 23.4 Å². The molecule has 1 aromatic carbocycles. The molecule has 1 aromatic heterocycles. The Morgan fingerprint density at radius 2 is 2.00 bits per heavy atom. The van der Waals surface area contributed by atoms with Gasteiger partial charge in [0.1, 0.15) is 5.69 Å². The van der Waals surface area contributed by atoms with Gasteiger partial charge in [-0.25, -0.2) is 4.98 Å². The fraction of sp³-hybridized carbons (Fsp3) is 0.500. The molecule has 1 aliphatic carbocycles. The fourth-order valence-corrected chi connectivity index (χ4v) is 5.14. The lowest BCUT2D eigenvalue weighted by Crippen LogP contribution is -2.45. The van der Waals surface area contributed by atoms with Gasteiger partial charge in [-0.05, 0) is 79.9 Å². The number of H-pyrrole nitrogens is 1. The van der Waals surface area contributed by atoms with Crippen molar-refractivity contribution in [2.45, 2.75) is 57.9 Å². The van der Waals surface area contributed by atoms with Crippen LogP contribution in [0.2, 0.25) is 0 Å². The number of hydrogen-bond acceptors (Lipinski definition) is 4. The second-order valence-electron chi connectivity index (χ2n) is 10.4. The lowest BCUT2D eigenvalue weighted by Gasteiger charge is -2.43. The van der Waals surface area contributed by atoms with E-state index in [2.05, 4.69) is 73.0 Å². The van der Waals surface area contributed by atoms with Crippen molar-refractivity contribution in [2.75, 3.05) is 27.3 Å². The first kappa shape index (κ1) is 23.5. The van der Waals surface area contributed by atoms with E-state index in [4.69, 9.17) is 11.2 Å². The number of benzene rings is 1. The molecule has 0 spiro atoms. The number of allylic oxidation sites excluding steroid dienone is 2. The van der Waals surface area contributed by atoms with Gasteiger partial charge in [0.05, 0.1) is 6.20 Å². The van der Waals surface area contributed by atoms with E-state index in [1.54, 1.807) is 0 Å². The number of aromatic nitrogens is 2. The maximum Gasteiger partial charge on any atom is 0.202 e. The molecule has 1 N–H and O–H groups in total. The minimum Gasteiger partial charge on any atom is -0.381 e. The molecule has 2 heterocycles. The van der Waals surface area contributed by atoms with Gasteiger partial charge in [0.25, 0.3) is 0 Å². The number of aromatic amines is 1. The molecule has 174 valence electrons. The van der Waals surface area contributed by atoms with Crippen LogP contribution in [0.25, 0.3) is 5.57 Å². The number of nitrogens with zero attached hydrogens (tertiary/aromatic N) is 2. The molecule has 5 nitrogen and oxygen atoms in total. The average Bonchev–Trinajstić information content (AvgIpc) is 3.29. The van der Waals surface area contributed by atoms with E-state index >= 15 is 0 Å². The minimum absolute atomic E-state index is 0.0457. The predicted octanol–water partition coefficient (Wildman–Crippen LogP) is 4.98. The third-order valence-corrected chi connectivity index (χ3v) is 7.49. The lowest BCUT2D eigenvalue weighted by atomic mass is 9.74. The van der Waals surface area contributed by atoms with Crippen LogP contribution in [0.5, 0.6) is 0 Å². The highest BCUT2D eigenvalue weighted by Crippen LogP contribution is 2.42. The molecule has 4 rings (SSSR count). The molecule has 0 radical (unpaired) electrons. The van der Waals surface area contributed by atoms with Crippen molar-refractivity contribution in [1.29, 1.82) is 0 Å². The van der Waals surface area contributed by atoms with Crippen LogP contribution in [-0.4, -0.2) is 48.0 Å². The quantitative estimate of drug-likeness (QED) is 0.503. The van der Waals surface area contributed by atoms with Gasteiger partial charge >= 0.3 is 0 Å². The molecule has 2 aromatic rings. The summed E-state index contributed by atoms with van der Waals surface area (Å²) in [6, 6.07) is 6.70. The number of hydrogen-bond donors (Lipinski definition) is 1. The number of nitrogens with one attached hydrogen (secondary N) is 1. The van der Waals surface area contributed by atoms with Gasteiger partial charge < -0.3 is 9.72 Å². The normalized spacial score (nSPS) is 19.7. The van der Waals surface area contributed by atoms with Crippen molar-refractivity contribution >= 4 is 11.4 Å². The number of carbonyl (C=O) groups is 1. The van der Waals surface area contributed by atoms with Gasteiger partial charge in [0.15, 0.2) is 5.82 Å². The number of ether oxygens (including phenoxy) is 1. The molecule has 5 heteroatoms. The SMILES string of the molecule is C#Cc1cnc(C(=O)Cc2ccc(C3(N(C)C)CCOCC3)cc2C2=CCC(C)(C)CC2)[nH]1. The number of terminal acetylenes is 1. The highest BCUT2D eigenvalue weighted by molar-refractivity contribution is 5.95. The minimum atomic E-state index is -0.0489. The number of ketones is 1. The maximum absolute atomic E-state index is 13.0. The van der Waals surface area contributed by atoms with E-state index in [0.717, 1.165) is 50.9 Å². The van der Waals surface area contributed by atoms with Crippen LogP contribution in [0.1, 0.15) is 79.0 Å². The Bertz CT molecular complexity index is 1090. The molecule has 0 atom stereocenters. The molecule has 0 saturated carbocycles. The molecular formula is C28H35N3O2. The van der Waals surface area contributed by atoms with Gasteiger partial charge in [-0.2, -0.15) is 0 Å². The Labute approximate surface area is 197 Å². The Kier molecular flexibility index (Phi) is 6.61. The van der Waals surface area contributed by atoms with Crippen LogP contribution < -0.4 is 0 Å². The van der Waals surface area contributed by atoms with Crippen LogP contribution >= 0.6 is 0 Å². The molecule has 0 amide bonds. The summed E-state index contributed by atoms with van der Waals surface area (Å²) in [6.07, 6.45) is 14.8. The molecule has 1 aliphatic heterocycles. The second kappa shape index (κ2) is 9.29. The van der Waals surface area contributed by atoms with Crippen molar-refractivity contribution in [1.82, 2.24) is 14.9 Å². The summed E-state index contributed by atoms with van der Waals surface area (Å²) < 4.78 is 5.70. The van der Waals surface area contributed by atoms with Crippen molar-refractivity contribution in [2.24, 2.45) is 5.41 Å². The zero-order chi connectivity index (χ0) is 23.6. The molecule has 2 aliphatic rings. The molecule has 33 heavy (non-hydrogen) atoms. The average molecular weight is 446 g/mol. The smallest absolute Gasteiger partial charge is 0.202 e. The van der Waals surface area contributed by atoms with Crippen molar-refractivity contribution in [3.63, 3.8) is 0 Å². The van der Waals surface area contributed by atoms with Crippen LogP contribution in [0, 0.1) is 17.8 Å². The Hall–Kier alpha value is -2.68. The molecule has 1 saturated heterocycles. The summed E-state index contributed by atoms with van der Waals surface area (Å²) in [5, 5.41) is 0. The monoisotopic (exact) mass is 445 g/mol. The standard InChI is InChI=1S/C28H35N3O2/c1-6-23-19-29-26(30-23)25(32)17-21-7-8-22(28(31(4)5)13-15-33-16-14-28)18-24(21)20-9-11-27(2,3)12-10-20/h1,7-9,18-19H,10-17H2,2-5H3,(H,29,30). The van der Waals surface area contributed by atoms with Crippen molar-refractivity contribution in [3.8, 4) is 12.3 Å². The van der Waals surface area contributed by atoms with Crippen LogP contribution in [-0.2, 0) is 16.7 Å². The van der Waals surface area contributed by atoms with E-state index in [1.807, 2.05) is 0 Å². The molecule has 0 bridgehead atoms.